The van der Waals surface area contributed by atoms with E-state index in [0.29, 0.717) is 31.1 Å². The van der Waals surface area contributed by atoms with Crippen LogP contribution >= 0.6 is 0 Å². The van der Waals surface area contributed by atoms with Crippen LogP contribution in [0.1, 0.15) is 29.3 Å². The highest BCUT2D eigenvalue weighted by atomic mass is 19.1. The minimum absolute atomic E-state index is 0.121. The molecule has 0 bridgehead atoms. The molecule has 0 spiro atoms. The summed E-state index contributed by atoms with van der Waals surface area (Å²) in [5.74, 6) is -4.17. The van der Waals surface area contributed by atoms with Crippen LogP contribution in [0.3, 0.4) is 0 Å². The van der Waals surface area contributed by atoms with Crippen molar-refractivity contribution >= 4 is 22.6 Å². The van der Waals surface area contributed by atoms with Crippen molar-refractivity contribution in [3.05, 3.63) is 69.3 Å². The fraction of sp³-hybridized carbons (Fsp3) is 0.304. The van der Waals surface area contributed by atoms with E-state index in [4.69, 9.17) is 0 Å². The Morgan fingerprint density at radius 2 is 1.88 bits per heavy atom. The van der Waals surface area contributed by atoms with Gasteiger partial charge in [-0.3, -0.25) is 4.79 Å². The zero-order chi connectivity index (χ0) is 23.3. The van der Waals surface area contributed by atoms with Crippen LogP contribution in [0.2, 0.25) is 0 Å². The Kier molecular flexibility index (Phi) is 5.46. The lowest BCUT2D eigenvalue weighted by molar-refractivity contribution is 0.0695. The second-order valence-corrected chi connectivity index (χ2v) is 8.15. The zero-order valence-corrected chi connectivity index (χ0v) is 17.4. The molecule has 2 aromatic carbocycles. The number of fused-ring (bicyclic) bond motifs is 1. The first-order valence-corrected chi connectivity index (χ1v) is 10.1. The van der Waals surface area contributed by atoms with Crippen molar-refractivity contribution in [2.45, 2.75) is 26.4 Å². The molecule has 0 amide bonds. The summed E-state index contributed by atoms with van der Waals surface area (Å²) in [4.78, 5) is 26.2. The molecule has 32 heavy (non-hydrogen) atoms. The average molecular weight is 446 g/mol. The maximum absolute atomic E-state index is 15.2. The molecule has 168 valence electrons. The third-order valence-electron chi connectivity index (χ3n) is 6.03. The molecule has 2 N–H and O–H groups in total. The monoisotopic (exact) mass is 446 g/mol. The molecule has 1 aliphatic heterocycles. The van der Waals surface area contributed by atoms with Gasteiger partial charge in [-0.25, -0.2) is 18.0 Å². The number of carbonyl (C=O) groups is 1. The van der Waals surface area contributed by atoms with E-state index in [1.165, 1.54) is 0 Å². The van der Waals surface area contributed by atoms with Crippen molar-refractivity contribution in [1.82, 2.24) is 4.57 Å². The van der Waals surface area contributed by atoms with Gasteiger partial charge < -0.3 is 19.7 Å². The van der Waals surface area contributed by atoms with Gasteiger partial charge in [0.25, 0.3) is 0 Å². The number of aliphatic hydroxyl groups excluding tert-OH is 1. The van der Waals surface area contributed by atoms with Crippen molar-refractivity contribution in [1.29, 1.82) is 0 Å². The second-order valence-electron chi connectivity index (χ2n) is 8.15. The van der Waals surface area contributed by atoms with E-state index in [1.807, 2.05) is 6.92 Å². The molecule has 2 atom stereocenters. The minimum atomic E-state index is -1.55. The van der Waals surface area contributed by atoms with Crippen LogP contribution in [0.4, 0.5) is 18.9 Å². The molecule has 1 aliphatic rings. The number of aryl methyl sites for hydroxylation is 1. The number of piperidine rings is 1. The fourth-order valence-electron chi connectivity index (χ4n) is 4.38. The third kappa shape index (κ3) is 3.52. The van der Waals surface area contributed by atoms with Gasteiger partial charge in [0.05, 0.1) is 28.4 Å². The van der Waals surface area contributed by atoms with Crippen LogP contribution in [0.25, 0.3) is 16.6 Å². The van der Waals surface area contributed by atoms with Crippen LogP contribution in [-0.2, 0) is 0 Å². The van der Waals surface area contributed by atoms with E-state index >= 15 is 4.39 Å². The topological polar surface area (TPSA) is 82.8 Å². The van der Waals surface area contributed by atoms with Crippen LogP contribution < -0.4 is 10.3 Å². The first-order chi connectivity index (χ1) is 15.1. The van der Waals surface area contributed by atoms with Gasteiger partial charge in [0.15, 0.2) is 0 Å². The second kappa shape index (κ2) is 7.98. The summed E-state index contributed by atoms with van der Waals surface area (Å²) in [6, 6.07) is 3.74. The number of carboxylic acid groups (broad SMARTS) is 1. The minimum Gasteiger partial charge on any atom is -0.477 e. The third-order valence-corrected chi connectivity index (χ3v) is 6.03. The average Bonchev–Trinajstić information content (AvgIpc) is 2.71. The van der Waals surface area contributed by atoms with E-state index < -0.39 is 40.5 Å². The van der Waals surface area contributed by atoms with Crippen LogP contribution in [0, 0.1) is 30.3 Å². The number of hydrogen-bond donors (Lipinski definition) is 2. The van der Waals surface area contributed by atoms with Crippen LogP contribution in [0.5, 0.6) is 0 Å². The number of hydrogen-bond acceptors (Lipinski definition) is 4. The number of rotatable bonds is 3. The largest absolute Gasteiger partial charge is 0.477 e. The number of benzene rings is 2. The lowest BCUT2D eigenvalue weighted by Crippen LogP contribution is -2.42. The molecule has 0 aliphatic carbocycles. The number of pyridine rings is 1. The Morgan fingerprint density at radius 1 is 1.16 bits per heavy atom. The Labute approximate surface area is 181 Å². The van der Waals surface area contributed by atoms with Crippen molar-refractivity contribution < 1.29 is 28.2 Å². The maximum Gasteiger partial charge on any atom is 0.341 e. The van der Waals surface area contributed by atoms with Crippen LogP contribution in [-0.4, -0.2) is 39.9 Å². The van der Waals surface area contributed by atoms with Crippen LogP contribution in [0.15, 0.2) is 35.3 Å². The molecular formula is C23H21F3N2O4. The van der Waals surface area contributed by atoms with Crippen molar-refractivity contribution in [3.8, 4) is 5.69 Å². The summed E-state index contributed by atoms with van der Waals surface area (Å²) in [7, 11) is 0. The molecule has 2 heterocycles. The predicted molar refractivity (Wildman–Crippen MR) is 113 cm³/mol. The summed E-state index contributed by atoms with van der Waals surface area (Å²) in [5.41, 5.74) is -1.12. The Morgan fingerprint density at radius 3 is 2.50 bits per heavy atom. The molecule has 6 nitrogen and oxygen atoms in total. The number of carboxylic acids is 1. The molecule has 0 radical (unpaired) electrons. The summed E-state index contributed by atoms with van der Waals surface area (Å²) in [5, 5.41) is 19.3. The summed E-state index contributed by atoms with van der Waals surface area (Å²) >= 11 is 0. The highest BCUT2D eigenvalue weighted by Gasteiger charge is 2.29. The SMILES string of the molecule is Cc1c(N2CC[C@@H](O)[C@@H](C)C2)c(F)cc2c(=O)c(C(=O)O)cn(-c3ccc(F)cc3F)c12. The number of nitrogens with zero attached hydrogens (tertiary/aromatic N) is 2. The molecule has 1 fully saturated rings. The standard InChI is InChI=1S/C23H21F3N2O4/c1-11-9-27(6-5-19(11)29)21-12(2)20-14(8-17(21)26)22(30)15(23(31)32)10-28(20)18-4-3-13(24)7-16(18)25/h3-4,7-8,10-11,19,29H,5-6,9H2,1-2H3,(H,31,32)/t11-,19+/m0/s1. The summed E-state index contributed by atoms with van der Waals surface area (Å²) in [6.45, 7) is 4.15. The molecular weight excluding hydrogens is 425 g/mol. The van der Waals surface area contributed by atoms with Gasteiger partial charge in [0, 0.05) is 30.9 Å². The van der Waals surface area contributed by atoms with Crippen molar-refractivity contribution in [3.63, 3.8) is 0 Å². The van der Waals surface area contributed by atoms with Gasteiger partial charge in [0.2, 0.25) is 5.43 Å². The number of aliphatic hydroxyl groups is 1. The number of anilines is 1. The van der Waals surface area contributed by atoms with Crippen molar-refractivity contribution in [2.75, 3.05) is 18.0 Å². The maximum atomic E-state index is 15.2. The van der Waals surface area contributed by atoms with E-state index in [9.17, 15) is 28.6 Å². The van der Waals surface area contributed by atoms with E-state index in [1.54, 1.807) is 11.8 Å². The number of aromatic carboxylic acids is 1. The molecule has 0 unspecified atom stereocenters. The van der Waals surface area contributed by atoms with Gasteiger partial charge in [-0.15, -0.1) is 0 Å². The normalized spacial score (nSPS) is 18.9. The number of halogens is 3. The first kappa shape index (κ1) is 21.9. The molecule has 0 saturated carbocycles. The lowest BCUT2D eigenvalue weighted by Gasteiger charge is -2.37. The molecule has 9 heteroatoms. The molecule has 4 rings (SSSR count). The van der Waals surface area contributed by atoms with Gasteiger partial charge in [0.1, 0.15) is 23.0 Å². The highest BCUT2D eigenvalue weighted by molar-refractivity contribution is 5.96. The summed E-state index contributed by atoms with van der Waals surface area (Å²) < 4.78 is 44.5. The van der Waals surface area contributed by atoms with Gasteiger partial charge in [-0.1, -0.05) is 6.92 Å². The van der Waals surface area contributed by atoms with E-state index in [0.717, 1.165) is 29.0 Å². The van der Waals surface area contributed by atoms with E-state index in [-0.39, 0.29) is 28.2 Å². The Hall–Kier alpha value is -3.33. The van der Waals surface area contributed by atoms with E-state index in [2.05, 4.69) is 0 Å². The Bertz CT molecular complexity index is 1300. The zero-order valence-electron chi connectivity index (χ0n) is 17.4. The highest BCUT2D eigenvalue weighted by Crippen LogP contribution is 2.35. The predicted octanol–water partition coefficient (Wildman–Crippen LogP) is 3.62. The lowest BCUT2D eigenvalue weighted by atomic mass is 9.95. The fourth-order valence-corrected chi connectivity index (χ4v) is 4.38. The quantitative estimate of drug-likeness (QED) is 0.642. The van der Waals surface area contributed by atoms with Gasteiger partial charge in [-0.2, -0.15) is 0 Å². The first-order valence-electron chi connectivity index (χ1n) is 10.1. The Balaban J connectivity index is 2.07. The molecule has 1 aromatic heterocycles. The van der Waals surface area contributed by atoms with Crippen molar-refractivity contribution in [2.24, 2.45) is 5.92 Å². The number of aromatic nitrogens is 1. The smallest absolute Gasteiger partial charge is 0.341 e. The molecule has 3 aromatic rings. The summed E-state index contributed by atoms with van der Waals surface area (Å²) in [6.07, 6.45) is 0.885. The van der Waals surface area contributed by atoms with Gasteiger partial charge >= 0.3 is 5.97 Å². The molecule has 1 saturated heterocycles. The van der Waals surface area contributed by atoms with Gasteiger partial charge in [-0.05, 0) is 37.5 Å².